The molecule has 5 heteroatoms. The maximum Gasteiger partial charge on any atom is 0.352 e. The summed E-state index contributed by atoms with van der Waals surface area (Å²) < 4.78 is 14.7. The van der Waals surface area contributed by atoms with E-state index in [1.54, 1.807) is 6.20 Å². The zero-order valence-electron chi connectivity index (χ0n) is 7.52. The van der Waals surface area contributed by atoms with Crippen LogP contribution in [0.4, 0.5) is 4.39 Å². The van der Waals surface area contributed by atoms with Crippen molar-refractivity contribution in [2.75, 3.05) is 0 Å². The lowest BCUT2D eigenvalue weighted by Gasteiger charge is -2.04. The van der Waals surface area contributed by atoms with Crippen molar-refractivity contribution in [2.45, 2.75) is 0 Å². The van der Waals surface area contributed by atoms with E-state index in [1.807, 2.05) is 0 Å². The van der Waals surface area contributed by atoms with Crippen LogP contribution in [-0.4, -0.2) is 9.55 Å². The molecule has 1 aromatic carbocycles. The molecule has 0 fully saturated rings. The lowest BCUT2D eigenvalue weighted by molar-refractivity contribution is 0.627. The highest BCUT2D eigenvalue weighted by Crippen LogP contribution is 2.10. The van der Waals surface area contributed by atoms with E-state index < -0.39 is 5.69 Å². The monoisotopic (exact) mass is 268 g/mol. The molecular weight excluding hydrogens is 263 g/mol. The van der Waals surface area contributed by atoms with Crippen LogP contribution in [-0.2, 0) is 0 Å². The van der Waals surface area contributed by atoms with Crippen molar-refractivity contribution in [1.82, 2.24) is 9.55 Å². The molecule has 2 aromatic rings. The molecule has 0 amide bonds. The normalized spacial score (nSPS) is 10.3. The predicted molar refractivity (Wildman–Crippen MR) is 57.5 cm³/mol. The molecule has 0 radical (unpaired) electrons. The van der Waals surface area contributed by atoms with Gasteiger partial charge < -0.3 is 0 Å². The van der Waals surface area contributed by atoms with Gasteiger partial charge in [0.15, 0.2) is 0 Å². The molecule has 1 heterocycles. The quantitative estimate of drug-likeness (QED) is 0.794. The van der Waals surface area contributed by atoms with Crippen molar-refractivity contribution in [1.29, 1.82) is 0 Å². The van der Waals surface area contributed by atoms with E-state index in [0.29, 0.717) is 10.2 Å². The third-order valence-electron chi connectivity index (χ3n) is 1.86. The lowest BCUT2D eigenvalue weighted by Crippen LogP contribution is -2.20. The fraction of sp³-hybridized carbons (Fsp3) is 0. The Morgan fingerprint density at radius 1 is 1.27 bits per heavy atom. The second kappa shape index (κ2) is 3.94. The van der Waals surface area contributed by atoms with Crippen LogP contribution in [0.5, 0.6) is 0 Å². The second-order valence-corrected chi connectivity index (χ2v) is 3.82. The first-order valence-corrected chi connectivity index (χ1v) is 4.96. The van der Waals surface area contributed by atoms with Crippen LogP contribution in [0.3, 0.4) is 0 Å². The SMILES string of the molecule is O=c1ncc(Br)cn1-c1ccc(F)cc1. The Kier molecular flexibility index (Phi) is 2.64. The molecule has 0 aliphatic carbocycles. The van der Waals surface area contributed by atoms with Gasteiger partial charge in [-0.05, 0) is 40.2 Å². The fourth-order valence-electron chi connectivity index (χ4n) is 1.18. The zero-order chi connectivity index (χ0) is 10.8. The molecule has 1 aromatic heterocycles. The first-order chi connectivity index (χ1) is 7.16. The number of halogens is 2. The van der Waals surface area contributed by atoms with Gasteiger partial charge in [0.1, 0.15) is 5.82 Å². The number of benzene rings is 1. The summed E-state index contributed by atoms with van der Waals surface area (Å²) in [7, 11) is 0. The number of nitrogens with zero attached hydrogens (tertiary/aromatic N) is 2. The highest BCUT2D eigenvalue weighted by molar-refractivity contribution is 9.10. The molecule has 0 aliphatic rings. The lowest BCUT2D eigenvalue weighted by atomic mass is 10.3. The van der Waals surface area contributed by atoms with Crippen molar-refractivity contribution in [3.05, 3.63) is 57.4 Å². The number of hydrogen-bond donors (Lipinski definition) is 0. The Morgan fingerprint density at radius 3 is 2.60 bits per heavy atom. The first kappa shape index (κ1) is 10.0. The Bertz CT molecular complexity index is 536. The molecule has 0 N–H and O–H groups in total. The van der Waals surface area contributed by atoms with Gasteiger partial charge in [0.05, 0.1) is 10.2 Å². The van der Waals surface area contributed by atoms with Crippen LogP contribution >= 0.6 is 15.9 Å². The van der Waals surface area contributed by atoms with E-state index in [2.05, 4.69) is 20.9 Å². The van der Waals surface area contributed by atoms with E-state index in [4.69, 9.17) is 0 Å². The predicted octanol–water partition coefficient (Wildman–Crippen LogP) is 2.13. The van der Waals surface area contributed by atoms with Crippen LogP contribution in [0.1, 0.15) is 0 Å². The summed E-state index contributed by atoms with van der Waals surface area (Å²) in [4.78, 5) is 15.0. The Balaban J connectivity index is 2.58. The van der Waals surface area contributed by atoms with Crippen LogP contribution < -0.4 is 5.69 Å². The van der Waals surface area contributed by atoms with Gasteiger partial charge in [-0.25, -0.2) is 14.2 Å². The summed E-state index contributed by atoms with van der Waals surface area (Å²) in [6, 6.07) is 5.63. The molecule has 0 bridgehead atoms. The average Bonchev–Trinajstić information content (AvgIpc) is 2.23. The first-order valence-electron chi connectivity index (χ1n) is 4.17. The minimum atomic E-state index is -0.398. The van der Waals surface area contributed by atoms with Gasteiger partial charge in [0, 0.05) is 12.4 Å². The molecular formula is C10H6BrFN2O. The van der Waals surface area contributed by atoms with Gasteiger partial charge in [-0.15, -0.1) is 0 Å². The van der Waals surface area contributed by atoms with Gasteiger partial charge in [-0.3, -0.25) is 4.57 Å². The van der Waals surface area contributed by atoms with Crippen molar-refractivity contribution < 1.29 is 4.39 Å². The Labute approximate surface area is 93.3 Å². The Morgan fingerprint density at radius 2 is 1.93 bits per heavy atom. The van der Waals surface area contributed by atoms with Gasteiger partial charge in [-0.1, -0.05) is 0 Å². The zero-order valence-corrected chi connectivity index (χ0v) is 9.11. The fourth-order valence-corrected chi connectivity index (χ4v) is 1.48. The topological polar surface area (TPSA) is 34.9 Å². The summed E-state index contributed by atoms with van der Waals surface area (Å²) in [5.74, 6) is -0.338. The standard InChI is InChI=1S/C10H6BrFN2O/c11-7-5-13-10(15)14(6-7)9-3-1-8(12)2-4-9/h1-6H. The molecule has 2 rings (SSSR count). The summed E-state index contributed by atoms with van der Waals surface area (Å²) in [6.45, 7) is 0. The van der Waals surface area contributed by atoms with Crippen LogP contribution in [0.25, 0.3) is 5.69 Å². The molecule has 0 saturated carbocycles. The molecule has 15 heavy (non-hydrogen) atoms. The van der Waals surface area contributed by atoms with Gasteiger partial charge >= 0.3 is 5.69 Å². The van der Waals surface area contributed by atoms with Crippen molar-refractivity contribution >= 4 is 15.9 Å². The summed E-state index contributed by atoms with van der Waals surface area (Å²) in [5.41, 5.74) is 0.181. The number of hydrogen-bond acceptors (Lipinski definition) is 2. The minimum Gasteiger partial charge on any atom is -0.267 e. The summed E-state index contributed by atoms with van der Waals surface area (Å²) in [6.07, 6.45) is 3.00. The molecule has 0 aliphatic heterocycles. The molecule has 0 atom stereocenters. The molecule has 3 nitrogen and oxygen atoms in total. The largest absolute Gasteiger partial charge is 0.352 e. The highest BCUT2D eigenvalue weighted by atomic mass is 79.9. The molecule has 0 saturated heterocycles. The van der Waals surface area contributed by atoms with Crippen molar-refractivity contribution in [3.8, 4) is 5.69 Å². The highest BCUT2D eigenvalue weighted by Gasteiger charge is 2.01. The smallest absolute Gasteiger partial charge is 0.267 e. The van der Waals surface area contributed by atoms with Gasteiger partial charge in [-0.2, -0.15) is 0 Å². The summed E-state index contributed by atoms with van der Waals surface area (Å²) >= 11 is 3.21. The van der Waals surface area contributed by atoms with E-state index in [1.165, 1.54) is 35.0 Å². The summed E-state index contributed by atoms with van der Waals surface area (Å²) in [5, 5.41) is 0. The average molecular weight is 269 g/mol. The second-order valence-electron chi connectivity index (χ2n) is 2.90. The number of aromatic nitrogens is 2. The molecule has 0 unspecified atom stereocenters. The van der Waals surface area contributed by atoms with Crippen molar-refractivity contribution in [3.63, 3.8) is 0 Å². The minimum absolute atomic E-state index is 0.338. The van der Waals surface area contributed by atoms with Crippen molar-refractivity contribution in [2.24, 2.45) is 0 Å². The Hall–Kier alpha value is -1.49. The van der Waals surface area contributed by atoms with Crippen LogP contribution in [0.15, 0.2) is 45.9 Å². The third-order valence-corrected chi connectivity index (χ3v) is 2.27. The molecule has 0 spiro atoms. The van der Waals surface area contributed by atoms with E-state index in [-0.39, 0.29) is 5.82 Å². The maximum atomic E-state index is 12.7. The van der Waals surface area contributed by atoms with Crippen LogP contribution in [0, 0.1) is 5.82 Å². The van der Waals surface area contributed by atoms with E-state index in [9.17, 15) is 9.18 Å². The van der Waals surface area contributed by atoms with Crippen LogP contribution in [0.2, 0.25) is 0 Å². The van der Waals surface area contributed by atoms with E-state index >= 15 is 0 Å². The molecule has 76 valence electrons. The third kappa shape index (κ3) is 2.12. The van der Waals surface area contributed by atoms with Gasteiger partial charge in [0.2, 0.25) is 0 Å². The number of rotatable bonds is 1. The van der Waals surface area contributed by atoms with E-state index in [0.717, 1.165) is 0 Å². The van der Waals surface area contributed by atoms with Gasteiger partial charge in [0.25, 0.3) is 0 Å². The maximum absolute atomic E-state index is 12.7.